The van der Waals surface area contributed by atoms with Gasteiger partial charge in [0, 0.05) is 12.5 Å². The molecule has 1 unspecified atom stereocenters. The zero-order chi connectivity index (χ0) is 15.2. The molecule has 0 radical (unpaired) electrons. The number of likely N-dealkylation sites (N-methyl/N-ethyl adjacent to an activating group) is 1. The lowest BCUT2D eigenvalue weighted by Gasteiger charge is -2.18. The van der Waals surface area contributed by atoms with E-state index in [9.17, 15) is 4.39 Å². The number of rotatable bonds is 6. The number of halogens is 3. The molecule has 2 aromatic carbocycles. The van der Waals surface area contributed by atoms with Crippen LogP contribution in [0.3, 0.4) is 0 Å². The van der Waals surface area contributed by atoms with Crippen molar-refractivity contribution in [1.29, 1.82) is 0 Å². The average Bonchev–Trinajstić information content (AvgIpc) is 2.47. The molecule has 1 nitrogen and oxygen atoms in total. The van der Waals surface area contributed by atoms with Gasteiger partial charge in [-0.1, -0.05) is 48.3 Å². The molecule has 0 aliphatic carbocycles. The van der Waals surface area contributed by atoms with Crippen molar-refractivity contribution < 1.29 is 4.39 Å². The van der Waals surface area contributed by atoms with Crippen molar-refractivity contribution in [2.45, 2.75) is 19.3 Å². The van der Waals surface area contributed by atoms with Crippen LogP contribution < -0.4 is 5.32 Å². The predicted molar refractivity (Wildman–Crippen MR) is 87.9 cm³/mol. The molecule has 0 saturated heterocycles. The third kappa shape index (κ3) is 4.70. The number of hydrogen-bond donors (Lipinski definition) is 1. The van der Waals surface area contributed by atoms with Crippen LogP contribution in [0.25, 0.3) is 0 Å². The van der Waals surface area contributed by atoms with Crippen LogP contribution in [0.5, 0.6) is 0 Å². The Hall–Kier alpha value is -1.09. The second-order valence-corrected chi connectivity index (χ2v) is 5.83. The Bertz CT molecular complexity index is 601. The quantitative estimate of drug-likeness (QED) is 0.782. The molecule has 112 valence electrons. The fraction of sp³-hybridized carbons (Fsp3) is 0.294. The van der Waals surface area contributed by atoms with Crippen molar-refractivity contribution in [3.05, 3.63) is 69.5 Å². The number of hydrogen-bond acceptors (Lipinski definition) is 1. The van der Waals surface area contributed by atoms with E-state index >= 15 is 0 Å². The normalized spacial score (nSPS) is 12.4. The summed E-state index contributed by atoms with van der Waals surface area (Å²) in [7, 11) is 0. The maximum atomic E-state index is 13.4. The second-order valence-electron chi connectivity index (χ2n) is 5.01. The average molecular weight is 326 g/mol. The molecule has 0 fully saturated rings. The summed E-state index contributed by atoms with van der Waals surface area (Å²) in [6.45, 7) is 3.73. The van der Waals surface area contributed by atoms with Crippen LogP contribution in [-0.4, -0.2) is 13.1 Å². The van der Waals surface area contributed by atoms with Gasteiger partial charge >= 0.3 is 0 Å². The first kappa shape index (κ1) is 16.3. The summed E-state index contributed by atoms with van der Waals surface area (Å²) in [4.78, 5) is 0. The zero-order valence-electron chi connectivity index (χ0n) is 11.9. The highest BCUT2D eigenvalue weighted by Crippen LogP contribution is 2.26. The molecule has 0 heterocycles. The lowest BCUT2D eigenvalue weighted by atomic mass is 9.92. The molecule has 0 aromatic heterocycles. The van der Waals surface area contributed by atoms with Crippen molar-refractivity contribution in [1.82, 2.24) is 5.32 Å². The fourth-order valence-electron chi connectivity index (χ4n) is 2.34. The monoisotopic (exact) mass is 325 g/mol. The minimum absolute atomic E-state index is 0.192. The topological polar surface area (TPSA) is 12.0 Å². The largest absolute Gasteiger partial charge is 0.316 e. The molecule has 0 saturated carbocycles. The third-order valence-corrected chi connectivity index (χ3v) is 4.17. The van der Waals surface area contributed by atoms with Crippen molar-refractivity contribution in [2.75, 3.05) is 13.1 Å². The van der Waals surface area contributed by atoms with Crippen molar-refractivity contribution >= 4 is 23.2 Å². The molecular formula is C17H18Cl2FN. The van der Waals surface area contributed by atoms with Gasteiger partial charge in [0.05, 0.1) is 10.0 Å². The molecule has 0 spiro atoms. The van der Waals surface area contributed by atoms with E-state index in [1.54, 1.807) is 18.2 Å². The zero-order valence-corrected chi connectivity index (χ0v) is 13.4. The lowest BCUT2D eigenvalue weighted by molar-refractivity contribution is 0.583. The van der Waals surface area contributed by atoms with Gasteiger partial charge in [-0.15, -0.1) is 0 Å². The Morgan fingerprint density at radius 1 is 1.10 bits per heavy atom. The van der Waals surface area contributed by atoms with Crippen LogP contribution in [0.1, 0.15) is 24.0 Å². The maximum Gasteiger partial charge on any atom is 0.123 e. The molecule has 21 heavy (non-hydrogen) atoms. The van der Waals surface area contributed by atoms with Crippen molar-refractivity contribution in [2.24, 2.45) is 0 Å². The molecule has 2 rings (SSSR count). The first-order chi connectivity index (χ1) is 10.1. The summed E-state index contributed by atoms with van der Waals surface area (Å²) in [5.41, 5.74) is 2.08. The van der Waals surface area contributed by atoms with Crippen LogP contribution in [0.15, 0.2) is 42.5 Å². The summed E-state index contributed by atoms with van der Waals surface area (Å²) in [6.07, 6.45) is 0.785. The first-order valence-corrected chi connectivity index (χ1v) is 7.76. The Morgan fingerprint density at radius 2 is 1.90 bits per heavy atom. The maximum absolute atomic E-state index is 13.4. The van der Waals surface area contributed by atoms with E-state index in [1.807, 2.05) is 18.2 Å². The summed E-state index contributed by atoms with van der Waals surface area (Å²) < 4.78 is 13.4. The van der Waals surface area contributed by atoms with Gasteiger partial charge in [0.2, 0.25) is 0 Å². The summed E-state index contributed by atoms with van der Waals surface area (Å²) in [5.74, 6) is -0.0129. The highest BCUT2D eigenvalue weighted by Gasteiger charge is 2.13. The van der Waals surface area contributed by atoms with E-state index in [0.717, 1.165) is 30.6 Å². The summed E-state index contributed by atoms with van der Waals surface area (Å²) >= 11 is 12.0. The second kappa shape index (κ2) is 7.79. The SMILES string of the molecule is CCNCC(Cc1ccc(Cl)c(Cl)c1)c1cccc(F)c1. The molecule has 4 heteroatoms. The Labute approximate surface area is 135 Å². The van der Waals surface area contributed by atoms with Gasteiger partial charge in [-0.25, -0.2) is 4.39 Å². The lowest BCUT2D eigenvalue weighted by Crippen LogP contribution is -2.22. The van der Waals surface area contributed by atoms with Gasteiger partial charge in [-0.3, -0.25) is 0 Å². The van der Waals surface area contributed by atoms with Crippen LogP contribution in [0.4, 0.5) is 4.39 Å². The van der Waals surface area contributed by atoms with Crippen molar-refractivity contribution in [3.63, 3.8) is 0 Å². The van der Waals surface area contributed by atoms with Gasteiger partial charge in [0.25, 0.3) is 0 Å². The molecule has 1 atom stereocenters. The van der Waals surface area contributed by atoms with E-state index in [1.165, 1.54) is 6.07 Å². The fourth-order valence-corrected chi connectivity index (χ4v) is 2.66. The van der Waals surface area contributed by atoms with Crippen LogP contribution in [-0.2, 0) is 6.42 Å². The number of benzene rings is 2. The third-order valence-electron chi connectivity index (χ3n) is 3.43. The standard InChI is InChI=1S/C17H18Cl2FN/c1-2-21-11-14(13-4-3-5-15(20)10-13)8-12-6-7-16(18)17(19)9-12/h3-7,9-10,14,21H,2,8,11H2,1H3. The molecule has 2 aromatic rings. The molecule has 0 aliphatic rings. The highest BCUT2D eigenvalue weighted by atomic mass is 35.5. The van der Waals surface area contributed by atoms with Crippen LogP contribution in [0.2, 0.25) is 10.0 Å². The first-order valence-electron chi connectivity index (χ1n) is 7.00. The minimum atomic E-state index is -0.205. The van der Waals surface area contributed by atoms with E-state index in [4.69, 9.17) is 23.2 Å². The van der Waals surface area contributed by atoms with E-state index < -0.39 is 0 Å². The molecule has 1 N–H and O–H groups in total. The van der Waals surface area contributed by atoms with E-state index in [2.05, 4.69) is 12.2 Å². The summed E-state index contributed by atoms with van der Waals surface area (Å²) in [6, 6.07) is 12.4. The van der Waals surface area contributed by atoms with Gasteiger partial charge in [-0.2, -0.15) is 0 Å². The summed E-state index contributed by atoms with van der Waals surface area (Å²) in [5, 5.41) is 4.43. The number of nitrogens with one attached hydrogen (secondary N) is 1. The Balaban J connectivity index is 2.21. The molecule has 0 bridgehead atoms. The molecule has 0 amide bonds. The predicted octanol–water partition coefficient (Wildman–Crippen LogP) is 5.07. The molecule has 0 aliphatic heterocycles. The van der Waals surface area contributed by atoms with Crippen molar-refractivity contribution in [3.8, 4) is 0 Å². The Kier molecular flexibility index (Phi) is 6.04. The van der Waals surface area contributed by atoms with Gasteiger partial charge in [-0.05, 0) is 48.4 Å². The Morgan fingerprint density at radius 3 is 2.57 bits per heavy atom. The van der Waals surface area contributed by atoms with Crippen LogP contribution in [0, 0.1) is 5.82 Å². The van der Waals surface area contributed by atoms with Gasteiger partial charge < -0.3 is 5.32 Å². The van der Waals surface area contributed by atoms with Gasteiger partial charge in [0.1, 0.15) is 5.82 Å². The van der Waals surface area contributed by atoms with Crippen LogP contribution >= 0.6 is 23.2 Å². The highest BCUT2D eigenvalue weighted by molar-refractivity contribution is 6.42. The smallest absolute Gasteiger partial charge is 0.123 e. The molecular weight excluding hydrogens is 308 g/mol. The van der Waals surface area contributed by atoms with E-state index in [-0.39, 0.29) is 11.7 Å². The van der Waals surface area contributed by atoms with E-state index in [0.29, 0.717) is 10.0 Å². The minimum Gasteiger partial charge on any atom is -0.316 e. The van der Waals surface area contributed by atoms with Gasteiger partial charge in [0.15, 0.2) is 0 Å².